The van der Waals surface area contributed by atoms with E-state index in [1.165, 1.54) is 0 Å². The minimum Gasteiger partial charge on any atom is -0.467 e. The first-order chi connectivity index (χ1) is 9.69. The van der Waals surface area contributed by atoms with E-state index < -0.39 is 0 Å². The molecular formula is C13H20IN5OS. The van der Waals surface area contributed by atoms with E-state index in [0.717, 1.165) is 15.8 Å². The maximum absolute atomic E-state index is 5.26. The number of aliphatic imine (C=N–C) groups is 1. The van der Waals surface area contributed by atoms with Crippen molar-refractivity contribution in [3.63, 3.8) is 0 Å². The number of hydrogen-bond donors (Lipinski definition) is 2. The second kappa shape index (κ2) is 8.98. The second-order valence-electron chi connectivity index (χ2n) is 4.55. The van der Waals surface area contributed by atoms with Gasteiger partial charge in [-0.25, -0.2) is 0 Å². The van der Waals surface area contributed by atoms with Crippen LogP contribution >= 0.6 is 35.3 Å². The average molecular weight is 421 g/mol. The van der Waals surface area contributed by atoms with Gasteiger partial charge in [-0.15, -0.1) is 34.2 Å². The number of furan rings is 1. The lowest BCUT2D eigenvalue weighted by molar-refractivity contribution is 0.501. The highest BCUT2D eigenvalue weighted by atomic mass is 127. The summed E-state index contributed by atoms with van der Waals surface area (Å²) in [7, 11) is 1.73. The van der Waals surface area contributed by atoms with Crippen molar-refractivity contribution < 1.29 is 4.42 Å². The Balaban J connectivity index is 0.00000220. The van der Waals surface area contributed by atoms with Gasteiger partial charge >= 0.3 is 0 Å². The molecule has 0 radical (unpaired) electrons. The number of hydrogen-bond acceptors (Lipinski definition) is 5. The van der Waals surface area contributed by atoms with Crippen molar-refractivity contribution in [2.24, 2.45) is 4.99 Å². The van der Waals surface area contributed by atoms with Gasteiger partial charge < -0.3 is 15.1 Å². The Morgan fingerprint density at radius 1 is 1.33 bits per heavy atom. The summed E-state index contributed by atoms with van der Waals surface area (Å²) in [5.74, 6) is 1.99. The predicted molar refractivity (Wildman–Crippen MR) is 95.2 cm³/mol. The molecule has 2 rings (SSSR count). The molecule has 0 aliphatic carbocycles. The van der Waals surface area contributed by atoms with Crippen molar-refractivity contribution in [3.8, 4) is 0 Å². The SMILES string of the molecule is CN=C(NCc1ccco1)NCc1nnc(C(C)C)s1.I. The van der Waals surface area contributed by atoms with Gasteiger partial charge in [0.05, 0.1) is 19.4 Å². The molecular weight excluding hydrogens is 401 g/mol. The molecule has 0 aliphatic heterocycles. The van der Waals surface area contributed by atoms with E-state index in [2.05, 4.69) is 39.7 Å². The Hall–Kier alpha value is -1.16. The van der Waals surface area contributed by atoms with Crippen LogP contribution in [0.1, 0.15) is 35.5 Å². The van der Waals surface area contributed by atoms with Gasteiger partial charge in [0, 0.05) is 13.0 Å². The number of aromatic nitrogens is 2. The molecule has 0 spiro atoms. The zero-order chi connectivity index (χ0) is 14.4. The van der Waals surface area contributed by atoms with Crippen LogP contribution in [0.15, 0.2) is 27.8 Å². The summed E-state index contributed by atoms with van der Waals surface area (Å²) in [5.41, 5.74) is 0. The van der Waals surface area contributed by atoms with Gasteiger partial charge in [-0.2, -0.15) is 0 Å². The van der Waals surface area contributed by atoms with E-state index in [4.69, 9.17) is 4.42 Å². The fourth-order valence-corrected chi connectivity index (χ4v) is 2.32. The van der Waals surface area contributed by atoms with E-state index in [-0.39, 0.29) is 24.0 Å². The second-order valence-corrected chi connectivity index (χ2v) is 5.64. The van der Waals surface area contributed by atoms with Crippen LogP contribution < -0.4 is 10.6 Å². The van der Waals surface area contributed by atoms with Crippen molar-refractivity contribution in [3.05, 3.63) is 34.2 Å². The predicted octanol–water partition coefficient (Wildman–Crippen LogP) is 2.74. The summed E-state index contributed by atoms with van der Waals surface area (Å²) in [6, 6.07) is 3.78. The zero-order valence-electron chi connectivity index (χ0n) is 12.3. The van der Waals surface area contributed by atoms with Gasteiger partial charge in [-0.05, 0) is 12.1 Å². The fourth-order valence-electron chi connectivity index (χ4n) is 1.54. The van der Waals surface area contributed by atoms with Crippen LogP contribution in [-0.4, -0.2) is 23.2 Å². The van der Waals surface area contributed by atoms with Gasteiger partial charge in [-0.3, -0.25) is 4.99 Å². The molecule has 2 N–H and O–H groups in total. The van der Waals surface area contributed by atoms with E-state index in [0.29, 0.717) is 25.0 Å². The lowest BCUT2D eigenvalue weighted by atomic mass is 10.2. The Morgan fingerprint density at radius 3 is 2.67 bits per heavy atom. The summed E-state index contributed by atoms with van der Waals surface area (Å²) in [4.78, 5) is 4.15. The van der Waals surface area contributed by atoms with Gasteiger partial charge in [0.2, 0.25) is 0 Å². The van der Waals surface area contributed by atoms with Crippen LogP contribution in [0.3, 0.4) is 0 Å². The lowest BCUT2D eigenvalue weighted by Crippen LogP contribution is -2.36. The third-order valence-electron chi connectivity index (χ3n) is 2.62. The average Bonchev–Trinajstić information content (AvgIpc) is 3.10. The molecule has 0 aliphatic rings. The third kappa shape index (κ3) is 5.62. The van der Waals surface area contributed by atoms with E-state index >= 15 is 0 Å². The molecule has 116 valence electrons. The summed E-state index contributed by atoms with van der Waals surface area (Å²) >= 11 is 1.62. The van der Waals surface area contributed by atoms with Gasteiger partial charge in [0.15, 0.2) is 5.96 Å². The minimum atomic E-state index is 0. The van der Waals surface area contributed by atoms with Crippen LogP contribution in [0, 0.1) is 0 Å². The smallest absolute Gasteiger partial charge is 0.191 e. The zero-order valence-corrected chi connectivity index (χ0v) is 15.4. The topological polar surface area (TPSA) is 75.3 Å². The van der Waals surface area contributed by atoms with Crippen molar-refractivity contribution in [2.75, 3.05) is 7.05 Å². The molecule has 0 saturated heterocycles. The first kappa shape index (κ1) is 17.9. The van der Waals surface area contributed by atoms with Gasteiger partial charge in [0.25, 0.3) is 0 Å². The van der Waals surface area contributed by atoms with Crippen molar-refractivity contribution in [1.29, 1.82) is 0 Å². The molecule has 2 heterocycles. The summed E-state index contributed by atoms with van der Waals surface area (Å²) in [5, 5.41) is 16.7. The largest absolute Gasteiger partial charge is 0.467 e. The molecule has 0 saturated carbocycles. The first-order valence-electron chi connectivity index (χ1n) is 6.48. The van der Waals surface area contributed by atoms with Crippen LogP contribution in [0.2, 0.25) is 0 Å². The van der Waals surface area contributed by atoms with E-state index in [1.54, 1.807) is 24.6 Å². The lowest BCUT2D eigenvalue weighted by Gasteiger charge is -2.09. The Labute approximate surface area is 145 Å². The molecule has 0 fully saturated rings. The van der Waals surface area contributed by atoms with Crippen molar-refractivity contribution in [2.45, 2.75) is 32.9 Å². The van der Waals surface area contributed by atoms with Crippen molar-refractivity contribution >= 4 is 41.3 Å². The minimum absolute atomic E-state index is 0. The molecule has 8 heteroatoms. The van der Waals surface area contributed by atoms with E-state index in [1.807, 2.05) is 12.1 Å². The third-order valence-corrected chi connectivity index (χ3v) is 3.84. The monoisotopic (exact) mass is 421 g/mol. The molecule has 6 nitrogen and oxygen atoms in total. The maximum Gasteiger partial charge on any atom is 0.191 e. The van der Waals surface area contributed by atoms with Crippen LogP contribution in [0.5, 0.6) is 0 Å². The van der Waals surface area contributed by atoms with Crippen molar-refractivity contribution in [1.82, 2.24) is 20.8 Å². The molecule has 0 unspecified atom stereocenters. The summed E-state index contributed by atoms with van der Waals surface area (Å²) in [6.45, 7) is 5.44. The number of guanidine groups is 1. The number of rotatable bonds is 5. The molecule has 0 aromatic carbocycles. The molecule has 0 bridgehead atoms. The van der Waals surface area contributed by atoms with Crippen LogP contribution in [0.4, 0.5) is 0 Å². The quantitative estimate of drug-likeness (QED) is 0.441. The highest BCUT2D eigenvalue weighted by Gasteiger charge is 2.08. The number of nitrogens with one attached hydrogen (secondary N) is 2. The highest BCUT2D eigenvalue weighted by Crippen LogP contribution is 2.18. The summed E-state index contributed by atoms with van der Waals surface area (Å²) in [6.07, 6.45) is 1.65. The van der Waals surface area contributed by atoms with Crippen LogP contribution in [0.25, 0.3) is 0 Å². The van der Waals surface area contributed by atoms with Crippen LogP contribution in [-0.2, 0) is 13.1 Å². The molecule has 0 amide bonds. The number of nitrogens with zero attached hydrogens (tertiary/aromatic N) is 3. The molecule has 2 aromatic rings. The van der Waals surface area contributed by atoms with E-state index in [9.17, 15) is 0 Å². The Bertz CT molecular complexity index is 553. The molecule has 0 atom stereocenters. The maximum atomic E-state index is 5.26. The fraction of sp³-hybridized carbons (Fsp3) is 0.462. The summed E-state index contributed by atoms with van der Waals surface area (Å²) < 4.78 is 5.26. The normalized spacial score (nSPS) is 11.3. The first-order valence-corrected chi connectivity index (χ1v) is 7.30. The molecule has 21 heavy (non-hydrogen) atoms. The highest BCUT2D eigenvalue weighted by molar-refractivity contribution is 14.0. The Kier molecular flexibility index (Phi) is 7.65. The number of halogens is 1. The van der Waals surface area contributed by atoms with Gasteiger partial charge in [-0.1, -0.05) is 25.2 Å². The van der Waals surface area contributed by atoms with Gasteiger partial charge in [0.1, 0.15) is 15.8 Å². The standard InChI is InChI=1S/C13H19N5OS.HI/c1-9(2)12-18-17-11(20-12)8-16-13(14-3)15-7-10-5-4-6-19-10;/h4-6,9H,7-8H2,1-3H3,(H2,14,15,16);1H. The Morgan fingerprint density at radius 2 is 2.10 bits per heavy atom. The molecule has 2 aromatic heterocycles.